The van der Waals surface area contributed by atoms with Gasteiger partial charge in [0.25, 0.3) is 0 Å². The number of hydrogen-bond donors (Lipinski definition) is 0. The molecular formula is C11H15BrFN3. The number of aryl methyl sites for hydroxylation is 1. The van der Waals surface area contributed by atoms with Gasteiger partial charge in [-0.05, 0) is 19.3 Å². The van der Waals surface area contributed by atoms with Gasteiger partial charge in [-0.15, -0.1) is 0 Å². The van der Waals surface area contributed by atoms with Crippen molar-refractivity contribution in [2.75, 3.05) is 16.8 Å². The largest absolute Gasteiger partial charge is 0.350 e. The zero-order valence-corrected chi connectivity index (χ0v) is 11.0. The summed E-state index contributed by atoms with van der Waals surface area (Å²) in [6, 6.07) is 0.323. The van der Waals surface area contributed by atoms with Gasteiger partial charge < -0.3 is 4.90 Å². The minimum atomic E-state index is -0.289. The molecule has 0 radical (unpaired) electrons. The first kappa shape index (κ1) is 11.8. The van der Waals surface area contributed by atoms with Crippen molar-refractivity contribution < 1.29 is 4.39 Å². The maximum absolute atomic E-state index is 13.9. The van der Waals surface area contributed by atoms with E-state index < -0.39 is 0 Å². The third-order valence-corrected chi connectivity index (χ3v) is 3.92. The van der Waals surface area contributed by atoms with Crippen LogP contribution in [0.2, 0.25) is 0 Å². The summed E-state index contributed by atoms with van der Waals surface area (Å²) in [6.07, 6.45) is 2.51. The SMILES string of the molecule is Cc1ncnc(N2CCC(C)C2CBr)c1F. The van der Waals surface area contributed by atoms with Gasteiger partial charge in [0.1, 0.15) is 6.33 Å². The van der Waals surface area contributed by atoms with E-state index in [0.29, 0.717) is 23.5 Å². The lowest BCUT2D eigenvalue weighted by Crippen LogP contribution is -2.35. The first-order valence-electron chi connectivity index (χ1n) is 5.45. The smallest absolute Gasteiger partial charge is 0.186 e. The molecule has 0 saturated carbocycles. The lowest BCUT2D eigenvalue weighted by atomic mass is 10.1. The Balaban J connectivity index is 2.34. The number of aromatic nitrogens is 2. The van der Waals surface area contributed by atoms with Crippen molar-refractivity contribution in [1.29, 1.82) is 0 Å². The number of anilines is 1. The number of nitrogens with zero attached hydrogens (tertiary/aromatic N) is 3. The molecule has 3 nitrogen and oxygen atoms in total. The Hall–Kier alpha value is -0.710. The molecule has 1 saturated heterocycles. The van der Waals surface area contributed by atoms with Gasteiger partial charge in [0.2, 0.25) is 0 Å². The standard InChI is InChI=1S/C11H15BrFN3/c1-7-3-4-16(9(7)5-12)11-10(13)8(2)14-6-15-11/h6-7,9H,3-5H2,1-2H3. The molecule has 0 aliphatic carbocycles. The fourth-order valence-corrected chi connectivity index (χ4v) is 3.14. The molecule has 2 unspecified atom stereocenters. The van der Waals surface area contributed by atoms with Crippen LogP contribution in [0.1, 0.15) is 19.0 Å². The van der Waals surface area contributed by atoms with Gasteiger partial charge in [0.05, 0.1) is 5.69 Å². The molecule has 0 aromatic carbocycles. The molecule has 2 atom stereocenters. The van der Waals surface area contributed by atoms with Crippen molar-refractivity contribution in [3.63, 3.8) is 0 Å². The van der Waals surface area contributed by atoms with Crippen LogP contribution in [0, 0.1) is 18.7 Å². The second-order valence-corrected chi connectivity index (χ2v) is 4.93. The molecule has 1 aliphatic heterocycles. The van der Waals surface area contributed by atoms with Gasteiger partial charge in [-0.25, -0.2) is 14.4 Å². The topological polar surface area (TPSA) is 29.0 Å². The van der Waals surface area contributed by atoms with Crippen LogP contribution in [-0.4, -0.2) is 27.9 Å². The highest BCUT2D eigenvalue weighted by Crippen LogP contribution is 2.31. The zero-order valence-electron chi connectivity index (χ0n) is 9.45. The number of rotatable bonds is 2. The number of halogens is 2. The quantitative estimate of drug-likeness (QED) is 0.783. The van der Waals surface area contributed by atoms with Crippen LogP contribution < -0.4 is 4.90 Å². The number of alkyl halides is 1. The lowest BCUT2D eigenvalue weighted by Gasteiger charge is -2.26. The van der Waals surface area contributed by atoms with Crippen LogP contribution in [0.3, 0.4) is 0 Å². The van der Waals surface area contributed by atoms with E-state index in [1.165, 1.54) is 6.33 Å². The monoisotopic (exact) mass is 287 g/mol. The molecule has 2 rings (SSSR count). The van der Waals surface area contributed by atoms with Crippen LogP contribution >= 0.6 is 15.9 Å². The maximum atomic E-state index is 13.9. The average molecular weight is 288 g/mol. The van der Waals surface area contributed by atoms with Gasteiger partial charge in [0, 0.05) is 17.9 Å². The van der Waals surface area contributed by atoms with E-state index in [9.17, 15) is 4.39 Å². The lowest BCUT2D eigenvalue weighted by molar-refractivity contribution is 0.540. The Labute approximate surface area is 103 Å². The highest BCUT2D eigenvalue weighted by molar-refractivity contribution is 9.09. The molecule has 2 heterocycles. The Bertz CT molecular complexity index is 385. The van der Waals surface area contributed by atoms with Crippen LogP contribution in [-0.2, 0) is 0 Å². The second kappa shape index (κ2) is 4.65. The first-order chi connectivity index (χ1) is 7.65. The maximum Gasteiger partial charge on any atom is 0.186 e. The second-order valence-electron chi connectivity index (χ2n) is 4.28. The van der Waals surface area contributed by atoms with Gasteiger partial charge in [0.15, 0.2) is 11.6 Å². The summed E-state index contributed by atoms with van der Waals surface area (Å²) in [5, 5.41) is 0.844. The summed E-state index contributed by atoms with van der Waals surface area (Å²) >= 11 is 3.49. The predicted octanol–water partition coefficient (Wildman–Crippen LogP) is 2.53. The summed E-state index contributed by atoms with van der Waals surface area (Å²) < 4.78 is 13.9. The van der Waals surface area contributed by atoms with Crippen molar-refractivity contribution in [1.82, 2.24) is 9.97 Å². The fraction of sp³-hybridized carbons (Fsp3) is 0.636. The molecule has 1 aliphatic rings. The molecular weight excluding hydrogens is 273 g/mol. The van der Waals surface area contributed by atoms with Crippen molar-refractivity contribution in [2.45, 2.75) is 26.3 Å². The van der Waals surface area contributed by atoms with Gasteiger partial charge in [-0.1, -0.05) is 22.9 Å². The van der Waals surface area contributed by atoms with Gasteiger partial charge >= 0.3 is 0 Å². The first-order valence-corrected chi connectivity index (χ1v) is 6.57. The summed E-state index contributed by atoms with van der Waals surface area (Å²) in [6.45, 7) is 4.73. The molecule has 5 heteroatoms. The van der Waals surface area contributed by atoms with Gasteiger partial charge in [-0.2, -0.15) is 0 Å². The molecule has 1 aromatic heterocycles. The van der Waals surface area contributed by atoms with Crippen LogP contribution in [0.15, 0.2) is 6.33 Å². The molecule has 88 valence electrons. The third-order valence-electron chi connectivity index (χ3n) is 3.26. The highest BCUT2D eigenvalue weighted by atomic mass is 79.9. The zero-order chi connectivity index (χ0) is 11.7. The molecule has 0 amide bonds. The summed E-state index contributed by atoms with van der Waals surface area (Å²) in [4.78, 5) is 9.97. The molecule has 1 aromatic rings. The van der Waals surface area contributed by atoms with Crippen molar-refractivity contribution >= 4 is 21.7 Å². The normalized spacial score (nSPS) is 25.1. The highest BCUT2D eigenvalue weighted by Gasteiger charge is 2.32. The summed E-state index contributed by atoms with van der Waals surface area (Å²) in [5.74, 6) is 0.720. The molecule has 16 heavy (non-hydrogen) atoms. The van der Waals surface area contributed by atoms with E-state index in [1.54, 1.807) is 6.92 Å². The minimum absolute atomic E-state index is 0.289. The van der Waals surface area contributed by atoms with Gasteiger partial charge in [-0.3, -0.25) is 0 Å². The summed E-state index contributed by atoms with van der Waals surface area (Å²) in [7, 11) is 0. The van der Waals surface area contributed by atoms with E-state index in [-0.39, 0.29) is 5.82 Å². The minimum Gasteiger partial charge on any atom is -0.350 e. The van der Waals surface area contributed by atoms with E-state index in [4.69, 9.17) is 0 Å². The van der Waals surface area contributed by atoms with Crippen LogP contribution in [0.4, 0.5) is 10.2 Å². The van der Waals surface area contributed by atoms with Crippen LogP contribution in [0.5, 0.6) is 0 Å². The van der Waals surface area contributed by atoms with Crippen molar-refractivity contribution in [3.8, 4) is 0 Å². The fourth-order valence-electron chi connectivity index (χ4n) is 2.15. The molecule has 0 N–H and O–H groups in total. The molecule has 1 fully saturated rings. The average Bonchev–Trinajstić information content (AvgIpc) is 2.63. The predicted molar refractivity (Wildman–Crippen MR) is 65.4 cm³/mol. The number of hydrogen-bond acceptors (Lipinski definition) is 3. The van der Waals surface area contributed by atoms with Crippen molar-refractivity contribution in [2.24, 2.45) is 5.92 Å². The molecule has 0 bridgehead atoms. The van der Waals surface area contributed by atoms with Crippen molar-refractivity contribution in [3.05, 3.63) is 17.8 Å². The third kappa shape index (κ3) is 1.93. The Morgan fingerprint density at radius 3 is 3.00 bits per heavy atom. The van der Waals surface area contributed by atoms with Crippen LogP contribution in [0.25, 0.3) is 0 Å². The van der Waals surface area contributed by atoms with E-state index in [0.717, 1.165) is 18.3 Å². The Morgan fingerprint density at radius 2 is 2.31 bits per heavy atom. The molecule has 0 spiro atoms. The Kier molecular flexibility index (Phi) is 3.42. The van der Waals surface area contributed by atoms with E-state index in [2.05, 4.69) is 32.8 Å². The van der Waals surface area contributed by atoms with E-state index in [1.807, 2.05) is 4.90 Å². The summed E-state index contributed by atoms with van der Waals surface area (Å²) in [5.41, 5.74) is 0.415. The van der Waals surface area contributed by atoms with E-state index >= 15 is 0 Å². The Morgan fingerprint density at radius 1 is 1.56 bits per heavy atom.